The van der Waals surface area contributed by atoms with Crippen molar-refractivity contribution in [2.45, 2.75) is 31.2 Å². The number of nitrogens with one attached hydrogen (secondary N) is 1. The molecule has 0 aliphatic heterocycles. The average molecular weight is 275 g/mol. The van der Waals surface area contributed by atoms with E-state index in [1.165, 1.54) is 16.2 Å². The lowest BCUT2D eigenvalue weighted by atomic mass is 10.1. The molecule has 0 atom stereocenters. The fourth-order valence-corrected chi connectivity index (χ4v) is 2.57. The molecule has 0 saturated heterocycles. The third-order valence-electron chi connectivity index (χ3n) is 3.04. The average Bonchev–Trinajstić information content (AvgIpc) is 2.78. The maximum Gasteiger partial charge on any atom is 0.0699 e. The van der Waals surface area contributed by atoms with E-state index in [0.29, 0.717) is 5.92 Å². The Labute approximate surface area is 119 Å². The van der Waals surface area contributed by atoms with Gasteiger partial charge < -0.3 is 5.32 Å². The molecule has 0 aliphatic rings. The van der Waals surface area contributed by atoms with Crippen LogP contribution in [0, 0.1) is 0 Å². The molecule has 0 spiro atoms. The van der Waals surface area contributed by atoms with Crippen LogP contribution in [0.2, 0.25) is 0 Å². The van der Waals surface area contributed by atoms with Crippen molar-refractivity contribution in [3.8, 4) is 0 Å². The molecule has 1 heterocycles. The third kappa shape index (κ3) is 3.53. The van der Waals surface area contributed by atoms with Crippen LogP contribution < -0.4 is 5.32 Å². The van der Waals surface area contributed by atoms with Crippen molar-refractivity contribution in [1.82, 2.24) is 9.78 Å². The van der Waals surface area contributed by atoms with Gasteiger partial charge in [-0.15, -0.1) is 11.8 Å². The summed E-state index contributed by atoms with van der Waals surface area (Å²) in [5.74, 6) is 0.454. The molecule has 0 aliphatic carbocycles. The fraction of sp³-hybridized carbons (Fsp3) is 0.400. The Morgan fingerprint density at radius 1 is 1.37 bits per heavy atom. The first-order chi connectivity index (χ1) is 9.10. The molecule has 0 radical (unpaired) electrons. The van der Waals surface area contributed by atoms with Crippen molar-refractivity contribution < 1.29 is 0 Å². The number of hydrogen-bond donors (Lipinski definition) is 1. The van der Waals surface area contributed by atoms with Gasteiger partial charge in [-0.3, -0.25) is 4.68 Å². The molecule has 1 aromatic carbocycles. The molecule has 0 fully saturated rings. The standard InChI is InChI=1S/C15H21N3S/c1-11(2)15-12(10-18(3)17-15)9-16-13-6-5-7-14(8-13)19-4/h5-8,10-11,16H,9H2,1-4H3. The molecule has 4 heteroatoms. The van der Waals surface area contributed by atoms with Gasteiger partial charge in [0, 0.05) is 35.9 Å². The summed E-state index contributed by atoms with van der Waals surface area (Å²) in [6.07, 6.45) is 4.19. The van der Waals surface area contributed by atoms with Crippen molar-refractivity contribution in [1.29, 1.82) is 0 Å². The summed E-state index contributed by atoms with van der Waals surface area (Å²) < 4.78 is 1.89. The van der Waals surface area contributed by atoms with Crippen molar-refractivity contribution in [3.05, 3.63) is 41.7 Å². The van der Waals surface area contributed by atoms with Gasteiger partial charge in [0.25, 0.3) is 0 Å². The summed E-state index contributed by atoms with van der Waals surface area (Å²) in [7, 11) is 1.98. The molecule has 1 N–H and O–H groups in total. The predicted octanol–water partition coefficient (Wildman–Crippen LogP) is 3.88. The fourth-order valence-electron chi connectivity index (χ4n) is 2.11. The minimum atomic E-state index is 0.454. The number of hydrogen-bond acceptors (Lipinski definition) is 3. The van der Waals surface area contributed by atoms with Crippen LogP contribution in [0.15, 0.2) is 35.4 Å². The second kappa shape index (κ2) is 6.15. The Kier molecular flexibility index (Phi) is 4.53. The zero-order chi connectivity index (χ0) is 13.8. The molecular weight excluding hydrogens is 254 g/mol. The molecule has 19 heavy (non-hydrogen) atoms. The van der Waals surface area contributed by atoms with E-state index in [0.717, 1.165) is 12.2 Å². The number of anilines is 1. The first-order valence-corrected chi connectivity index (χ1v) is 7.73. The van der Waals surface area contributed by atoms with E-state index >= 15 is 0 Å². The molecule has 0 amide bonds. The normalized spacial score (nSPS) is 11.0. The Hall–Kier alpha value is -1.42. The quantitative estimate of drug-likeness (QED) is 0.840. The number of rotatable bonds is 5. The predicted molar refractivity (Wildman–Crippen MR) is 82.8 cm³/mol. The Bertz CT molecular complexity index is 546. The lowest BCUT2D eigenvalue weighted by Crippen LogP contribution is -2.02. The van der Waals surface area contributed by atoms with Crippen LogP contribution in [0.1, 0.15) is 31.0 Å². The minimum Gasteiger partial charge on any atom is -0.381 e. The smallest absolute Gasteiger partial charge is 0.0699 e. The van der Waals surface area contributed by atoms with Gasteiger partial charge in [-0.1, -0.05) is 19.9 Å². The molecule has 102 valence electrons. The lowest BCUT2D eigenvalue weighted by Gasteiger charge is -2.09. The molecule has 3 nitrogen and oxygen atoms in total. The molecule has 0 unspecified atom stereocenters. The highest BCUT2D eigenvalue weighted by molar-refractivity contribution is 7.98. The molecule has 2 rings (SSSR count). The Morgan fingerprint density at radius 2 is 2.16 bits per heavy atom. The number of aromatic nitrogens is 2. The number of aryl methyl sites for hydroxylation is 1. The van der Waals surface area contributed by atoms with Crippen molar-refractivity contribution in [2.24, 2.45) is 7.05 Å². The number of nitrogens with zero attached hydrogens (tertiary/aromatic N) is 2. The van der Waals surface area contributed by atoms with Crippen LogP contribution in [0.4, 0.5) is 5.69 Å². The van der Waals surface area contributed by atoms with E-state index in [-0.39, 0.29) is 0 Å². The van der Waals surface area contributed by atoms with Gasteiger partial charge >= 0.3 is 0 Å². The highest BCUT2D eigenvalue weighted by Crippen LogP contribution is 2.21. The van der Waals surface area contributed by atoms with E-state index in [2.05, 4.69) is 61.0 Å². The number of benzene rings is 1. The maximum absolute atomic E-state index is 4.53. The van der Waals surface area contributed by atoms with Crippen LogP contribution in [0.25, 0.3) is 0 Å². The van der Waals surface area contributed by atoms with Gasteiger partial charge in [0.2, 0.25) is 0 Å². The molecule has 2 aromatic rings. The molecular formula is C15H21N3S. The first-order valence-electron chi connectivity index (χ1n) is 6.50. The monoisotopic (exact) mass is 275 g/mol. The Balaban J connectivity index is 2.09. The highest BCUT2D eigenvalue weighted by atomic mass is 32.2. The summed E-state index contributed by atoms with van der Waals surface area (Å²) in [6.45, 7) is 5.18. The third-order valence-corrected chi connectivity index (χ3v) is 3.76. The summed E-state index contributed by atoms with van der Waals surface area (Å²) in [5, 5.41) is 8.01. The van der Waals surface area contributed by atoms with Gasteiger partial charge in [0.05, 0.1) is 5.69 Å². The van der Waals surface area contributed by atoms with Crippen molar-refractivity contribution >= 4 is 17.4 Å². The summed E-state index contributed by atoms with van der Waals surface area (Å²) in [4.78, 5) is 1.28. The van der Waals surface area contributed by atoms with Crippen LogP contribution >= 0.6 is 11.8 Å². The van der Waals surface area contributed by atoms with Crippen LogP contribution in [-0.2, 0) is 13.6 Å². The van der Waals surface area contributed by atoms with E-state index in [1.807, 2.05) is 11.7 Å². The van der Waals surface area contributed by atoms with E-state index in [9.17, 15) is 0 Å². The second-order valence-corrected chi connectivity index (χ2v) is 5.83. The van der Waals surface area contributed by atoms with Gasteiger partial charge in [-0.05, 0) is 30.4 Å². The molecule has 1 aromatic heterocycles. The minimum absolute atomic E-state index is 0.454. The zero-order valence-electron chi connectivity index (χ0n) is 12.0. The van der Waals surface area contributed by atoms with Gasteiger partial charge in [0.1, 0.15) is 0 Å². The van der Waals surface area contributed by atoms with E-state index in [1.54, 1.807) is 11.8 Å². The SMILES string of the molecule is CSc1cccc(NCc2cn(C)nc2C(C)C)c1. The highest BCUT2D eigenvalue weighted by Gasteiger charge is 2.10. The van der Waals surface area contributed by atoms with Gasteiger partial charge in [0.15, 0.2) is 0 Å². The first kappa shape index (κ1) is 14.0. The lowest BCUT2D eigenvalue weighted by molar-refractivity contribution is 0.712. The number of thioether (sulfide) groups is 1. The van der Waals surface area contributed by atoms with Crippen LogP contribution in [0.3, 0.4) is 0 Å². The van der Waals surface area contributed by atoms with Crippen LogP contribution in [0.5, 0.6) is 0 Å². The summed E-state index contributed by atoms with van der Waals surface area (Å²) in [6, 6.07) is 8.49. The van der Waals surface area contributed by atoms with Crippen LogP contribution in [-0.4, -0.2) is 16.0 Å². The topological polar surface area (TPSA) is 29.9 Å². The molecule has 0 bridgehead atoms. The van der Waals surface area contributed by atoms with Crippen molar-refractivity contribution in [3.63, 3.8) is 0 Å². The molecule has 0 saturated carbocycles. The summed E-state index contributed by atoms with van der Waals surface area (Å²) >= 11 is 1.76. The van der Waals surface area contributed by atoms with Crippen molar-refractivity contribution in [2.75, 3.05) is 11.6 Å². The van der Waals surface area contributed by atoms with Gasteiger partial charge in [-0.2, -0.15) is 5.10 Å². The second-order valence-electron chi connectivity index (χ2n) is 4.95. The Morgan fingerprint density at radius 3 is 2.84 bits per heavy atom. The van der Waals surface area contributed by atoms with E-state index in [4.69, 9.17) is 0 Å². The van der Waals surface area contributed by atoms with E-state index < -0.39 is 0 Å². The maximum atomic E-state index is 4.53. The van der Waals surface area contributed by atoms with Gasteiger partial charge in [-0.25, -0.2) is 0 Å². The largest absolute Gasteiger partial charge is 0.381 e. The zero-order valence-corrected chi connectivity index (χ0v) is 12.8. The summed E-state index contributed by atoms with van der Waals surface area (Å²) in [5.41, 5.74) is 3.61.